The van der Waals surface area contributed by atoms with Crippen LogP contribution in [0.25, 0.3) is 22.6 Å². The summed E-state index contributed by atoms with van der Waals surface area (Å²) in [6.45, 7) is 3.74. The summed E-state index contributed by atoms with van der Waals surface area (Å²) in [5, 5.41) is 17.8. The van der Waals surface area contributed by atoms with Gasteiger partial charge in [0.05, 0.1) is 5.52 Å². The van der Waals surface area contributed by atoms with E-state index in [2.05, 4.69) is 39.0 Å². The van der Waals surface area contributed by atoms with Crippen LogP contribution in [0.3, 0.4) is 0 Å². The maximum absolute atomic E-state index is 10.2. The molecule has 1 atom stereocenters. The molecule has 0 fully saturated rings. The van der Waals surface area contributed by atoms with Crippen LogP contribution in [-0.4, -0.2) is 48.3 Å². The van der Waals surface area contributed by atoms with Gasteiger partial charge in [-0.25, -0.2) is 14.6 Å². The number of anilines is 1. The number of nitrogens with two attached hydrogens (primary N) is 4. The molecule has 0 spiro atoms. The molecule has 3 heterocycles. The number of benzene rings is 1. The van der Waals surface area contributed by atoms with E-state index in [4.69, 9.17) is 37.3 Å². The van der Waals surface area contributed by atoms with Gasteiger partial charge in [-0.1, -0.05) is 48.1 Å². The van der Waals surface area contributed by atoms with Crippen LogP contribution in [0.2, 0.25) is 0 Å². The molecular weight excluding hydrogens is 486 g/mol. The van der Waals surface area contributed by atoms with Gasteiger partial charge in [-0.05, 0) is 35.6 Å². The fraction of sp³-hybridized carbons (Fsp3) is 0.308. The summed E-state index contributed by atoms with van der Waals surface area (Å²) >= 11 is 0. The summed E-state index contributed by atoms with van der Waals surface area (Å²) < 4.78 is 12.9. The molecule has 196 valence electrons. The highest BCUT2D eigenvalue weighted by atomic mass is 16.6. The monoisotopic (exact) mass is 515 g/mol. The number of imidazole rings is 1. The number of aliphatic hydroxyl groups is 1. The Bertz CT molecular complexity index is 1530. The molecule has 0 saturated carbocycles. The molecule has 12 nitrogen and oxygen atoms in total. The molecule has 0 unspecified atom stereocenters. The lowest BCUT2D eigenvalue weighted by Crippen LogP contribution is -2.28. The first-order valence-corrected chi connectivity index (χ1v) is 11.8. The third-order valence-corrected chi connectivity index (χ3v) is 5.30. The Labute approximate surface area is 219 Å². The summed E-state index contributed by atoms with van der Waals surface area (Å²) in [5.41, 5.74) is 24.4. The van der Waals surface area contributed by atoms with E-state index in [1.165, 1.54) is 0 Å². The second kappa shape index (κ2) is 11.3. The van der Waals surface area contributed by atoms with Crippen molar-refractivity contribution in [2.45, 2.75) is 44.7 Å². The van der Waals surface area contributed by atoms with Gasteiger partial charge in [-0.3, -0.25) is 0 Å². The standard InChI is InChI=1S/C26H29N9O3/c1-26(2,36)12-11-17-22-18(14-21(31-17)37-19(15-27)16-8-4-3-5-9-16)35(13-7-6-10-20(28)29)25(32-22)23-24(30)34-38-33-23/h3-5,8-9,14,19-20,36H,7,13,15,27-29H2,1-2H3,(H2,30,34)/t19-/m1/s1. The average molecular weight is 516 g/mol. The Morgan fingerprint density at radius 3 is 2.55 bits per heavy atom. The van der Waals surface area contributed by atoms with Crippen molar-refractivity contribution in [3.63, 3.8) is 0 Å². The predicted molar refractivity (Wildman–Crippen MR) is 142 cm³/mol. The van der Waals surface area contributed by atoms with Crippen molar-refractivity contribution in [2.24, 2.45) is 17.2 Å². The maximum Gasteiger partial charge on any atom is 0.217 e. The topological polar surface area (TPSA) is 203 Å². The zero-order valence-electron chi connectivity index (χ0n) is 21.0. The fourth-order valence-electron chi connectivity index (χ4n) is 3.64. The minimum atomic E-state index is -1.27. The Kier molecular flexibility index (Phi) is 7.90. The van der Waals surface area contributed by atoms with Crippen LogP contribution in [0.1, 0.15) is 37.6 Å². The molecule has 0 aliphatic heterocycles. The zero-order chi connectivity index (χ0) is 27.3. The van der Waals surface area contributed by atoms with E-state index in [-0.39, 0.29) is 29.6 Å². The van der Waals surface area contributed by atoms with Crippen molar-refractivity contribution in [1.82, 2.24) is 24.8 Å². The summed E-state index contributed by atoms with van der Waals surface area (Å²) in [4.78, 5) is 9.33. The quantitative estimate of drug-likeness (QED) is 0.173. The largest absolute Gasteiger partial charge is 0.468 e. The van der Waals surface area contributed by atoms with E-state index in [1.54, 1.807) is 19.9 Å². The molecule has 3 aromatic heterocycles. The molecule has 0 aliphatic carbocycles. The predicted octanol–water partition coefficient (Wildman–Crippen LogP) is 0.902. The SMILES string of the molecule is CC(C)(O)C#Cc1nc(O[C@H](CN)c2ccccc2)cc2c1nc(-c1nonc1N)n2CCC#CC(N)N. The number of hydrogen-bond acceptors (Lipinski definition) is 11. The van der Waals surface area contributed by atoms with Gasteiger partial charge in [0.25, 0.3) is 0 Å². The number of hydrogen-bond donors (Lipinski definition) is 5. The molecule has 4 rings (SSSR count). The summed E-state index contributed by atoms with van der Waals surface area (Å²) in [6.07, 6.45) is -0.810. The second-order valence-electron chi connectivity index (χ2n) is 8.92. The number of rotatable bonds is 7. The van der Waals surface area contributed by atoms with Crippen molar-refractivity contribution in [2.75, 3.05) is 12.3 Å². The average Bonchev–Trinajstić information content (AvgIpc) is 3.46. The van der Waals surface area contributed by atoms with Gasteiger partial charge in [-0.2, -0.15) is 0 Å². The third kappa shape index (κ3) is 6.26. The highest BCUT2D eigenvalue weighted by molar-refractivity contribution is 5.86. The number of aromatic nitrogens is 5. The fourth-order valence-corrected chi connectivity index (χ4v) is 3.64. The molecule has 0 amide bonds. The normalized spacial score (nSPS) is 12.1. The Morgan fingerprint density at radius 2 is 1.92 bits per heavy atom. The van der Waals surface area contributed by atoms with Gasteiger partial charge in [0.1, 0.15) is 29.1 Å². The number of nitrogen functional groups attached to an aromatic ring is 1. The van der Waals surface area contributed by atoms with E-state index in [0.29, 0.717) is 29.8 Å². The first kappa shape index (κ1) is 26.6. The van der Waals surface area contributed by atoms with E-state index < -0.39 is 17.9 Å². The third-order valence-electron chi connectivity index (χ3n) is 5.30. The number of nitrogens with zero attached hydrogens (tertiary/aromatic N) is 5. The first-order valence-electron chi connectivity index (χ1n) is 11.8. The van der Waals surface area contributed by atoms with Gasteiger partial charge >= 0.3 is 0 Å². The second-order valence-corrected chi connectivity index (χ2v) is 8.92. The lowest BCUT2D eigenvalue weighted by atomic mass is 10.1. The molecule has 4 aromatic rings. The highest BCUT2D eigenvalue weighted by Crippen LogP contribution is 2.31. The molecule has 9 N–H and O–H groups in total. The smallest absolute Gasteiger partial charge is 0.217 e. The summed E-state index contributed by atoms with van der Waals surface area (Å²) in [7, 11) is 0. The van der Waals surface area contributed by atoms with Gasteiger partial charge in [0, 0.05) is 25.6 Å². The van der Waals surface area contributed by atoms with Crippen LogP contribution in [-0.2, 0) is 6.54 Å². The molecule has 38 heavy (non-hydrogen) atoms. The summed E-state index contributed by atoms with van der Waals surface area (Å²) in [6, 6.07) is 11.3. The van der Waals surface area contributed by atoms with Crippen molar-refractivity contribution in [1.29, 1.82) is 0 Å². The van der Waals surface area contributed by atoms with Crippen LogP contribution in [0.4, 0.5) is 5.82 Å². The van der Waals surface area contributed by atoms with E-state index in [0.717, 1.165) is 5.56 Å². The van der Waals surface area contributed by atoms with Gasteiger partial charge in [0.2, 0.25) is 5.88 Å². The molecule has 1 aromatic carbocycles. The molecule has 0 saturated heterocycles. The Morgan fingerprint density at radius 1 is 1.16 bits per heavy atom. The van der Waals surface area contributed by atoms with Crippen molar-refractivity contribution in [3.05, 3.63) is 47.7 Å². The number of fused-ring (bicyclic) bond motifs is 1. The molecular formula is C26H29N9O3. The Hall–Kier alpha value is -4.46. The van der Waals surface area contributed by atoms with E-state index in [9.17, 15) is 5.11 Å². The van der Waals surface area contributed by atoms with Crippen LogP contribution < -0.4 is 27.7 Å². The van der Waals surface area contributed by atoms with Crippen molar-refractivity contribution >= 4 is 16.9 Å². The highest BCUT2D eigenvalue weighted by Gasteiger charge is 2.23. The van der Waals surface area contributed by atoms with Crippen LogP contribution in [0, 0.1) is 23.7 Å². The lowest BCUT2D eigenvalue weighted by molar-refractivity contribution is 0.143. The number of aryl methyl sites for hydroxylation is 1. The maximum atomic E-state index is 10.2. The van der Waals surface area contributed by atoms with E-state index >= 15 is 0 Å². The molecule has 0 bridgehead atoms. The molecule has 12 heteroatoms. The zero-order valence-corrected chi connectivity index (χ0v) is 21.0. The van der Waals surface area contributed by atoms with Gasteiger partial charge in [0.15, 0.2) is 17.3 Å². The Balaban J connectivity index is 1.90. The molecule has 0 radical (unpaired) electrons. The minimum absolute atomic E-state index is 0.0671. The molecule has 0 aliphatic rings. The number of pyridine rings is 1. The van der Waals surface area contributed by atoms with Crippen molar-refractivity contribution < 1.29 is 14.5 Å². The minimum Gasteiger partial charge on any atom is -0.468 e. The summed E-state index contributed by atoms with van der Waals surface area (Å²) in [5.74, 6) is 12.1. The lowest BCUT2D eigenvalue weighted by Gasteiger charge is -2.17. The first-order chi connectivity index (χ1) is 18.2. The van der Waals surface area contributed by atoms with Crippen molar-refractivity contribution in [3.8, 4) is 41.1 Å². The van der Waals surface area contributed by atoms with Gasteiger partial charge < -0.3 is 37.3 Å². The van der Waals surface area contributed by atoms with Crippen LogP contribution >= 0.6 is 0 Å². The van der Waals surface area contributed by atoms with Gasteiger partial charge in [-0.15, -0.1) is 0 Å². The van der Waals surface area contributed by atoms with E-state index in [1.807, 2.05) is 34.9 Å². The van der Waals surface area contributed by atoms with Crippen LogP contribution in [0.15, 0.2) is 41.0 Å². The van der Waals surface area contributed by atoms with Crippen LogP contribution in [0.5, 0.6) is 5.88 Å². The number of ether oxygens (including phenoxy) is 1.